The number of nitrogens with zero attached hydrogens (tertiary/aromatic N) is 2. The largest absolute Gasteiger partial charge is 0.416 e. The first-order valence-corrected chi connectivity index (χ1v) is 15.3. The third-order valence-electron chi connectivity index (χ3n) is 8.30. The van der Waals surface area contributed by atoms with E-state index in [0.717, 1.165) is 16.0 Å². The first kappa shape index (κ1) is 35.6. The Morgan fingerprint density at radius 1 is 0.935 bits per heavy atom. The van der Waals surface area contributed by atoms with Crippen LogP contribution in [0, 0.1) is 0 Å². The van der Waals surface area contributed by atoms with Gasteiger partial charge >= 0.3 is 12.4 Å². The third-order valence-corrected chi connectivity index (χ3v) is 9.04. The molecule has 3 aromatic carbocycles. The number of hydrogen-bond donors (Lipinski definition) is 1. The lowest BCUT2D eigenvalue weighted by Gasteiger charge is -2.43. The standard InChI is InChI=1S/C33H33Cl2F6N3O2/c1-22(46)42-31(26-5-3-2-4-6-26)10-13-43(14-11-31)12-9-25(24-7-8-29(34)30(35)17-24)20-44(21-45)19-23-15-27(32(36,37)38)18-28(16-23)33(39,40)41/h2-8,15-18,21,25H,9-14,19-20H2,1H3,(H,42,46). The zero-order chi connectivity index (χ0) is 33.7. The van der Waals surface area contributed by atoms with Crippen molar-refractivity contribution in [3.63, 3.8) is 0 Å². The number of hydrogen-bond acceptors (Lipinski definition) is 3. The van der Waals surface area contributed by atoms with Crippen molar-refractivity contribution in [2.24, 2.45) is 0 Å². The van der Waals surface area contributed by atoms with Crippen LogP contribution in [0.1, 0.15) is 59.9 Å². The normalized spacial score (nSPS) is 16.1. The van der Waals surface area contributed by atoms with E-state index in [9.17, 15) is 35.9 Å². The molecule has 0 saturated carbocycles. The Morgan fingerprint density at radius 3 is 2.07 bits per heavy atom. The SMILES string of the molecule is CC(=O)NC1(c2ccccc2)CCN(CCC(CN(C=O)Cc2cc(C(F)(F)F)cc(C(F)(F)F)c2)c2ccc(Cl)c(Cl)c2)CC1. The van der Waals surface area contributed by atoms with Crippen LogP contribution in [-0.2, 0) is 34.0 Å². The first-order chi connectivity index (χ1) is 21.6. The zero-order valence-corrected chi connectivity index (χ0v) is 26.4. The average molecular weight is 689 g/mol. The second kappa shape index (κ2) is 14.6. The number of carbonyl (C=O) groups is 2. The van der Waals surface area contributed by atoms with Crippen LogP contribution in [0.2, 0.25) is 10.0 Å². The summed E-state index contributed by atoms with van der Waals surface area (Å²) in [6, 6.07) is 16.0. The highest BCUT2D eigenvalue weighted by Gasteiger charge is 2.38. The molecule has 0 aliphatic carbocycles. The molecule has 248 valence electrons. The maximum absolute atomic E-state index is 13.4. The van der Waals surface area contributed by atoms with Crippen molar-refractivity contribution in [1.29, 1.82) is 0 Å². The summed E-state index contributed by atoms with van der Waals surface area (Å²) in [5, 5.41) is 3.72. The van der Waals surface area contributed by atoms with Gasteiger partial charge in [0.05, 0.1) is 26.7 Å². The summed E-state index contributed by atoms with van der Waals surface area (Å²) < 4.78 is 80.7. The van der Waals surface area contributed by atoms with Gasteiger partial charge in [-0.25, -0.2) is 0 Å². The Bertz CT molecular complexity index is 1480. The number of alkyl halides is 6. The minimum atomic E-state index is -5.00. The minimum Gasteiger partial charge on any atom is -0.347 e. The number of benzene rings is 3. The monoisotopic (exact) mass is 687 g/mol. The Balaban J connectivity index is 1.53. The second-order valence-electron chi connectivity index (χ2n) is 11.6. The lowest BCUT2D eigenvalue weighted by molar-refractivity contribution is -0.143. The van der Waals surface area contributed by atoms with Gasteiger partial charge in [-0.2, -0.15) is 26.3 Å². The van der Waals surface area contributed by atoms with E-state index < -0.39 is 35.6 Å². The number of rotatable bonds is 11. The van der Waals surface area contributed by atoms with Gasteiger partial charge in [0.25, 0.3) is 0 Å². The van der Waals surface area contributed by atoms with Crippen molar-refractivity contribution < 1.29 is 35.9 Å². The van der Waals surface area contributed by atoms with E-state index in [-0.39, 0.29) is 35.0 Å². The fraction of sp³-hybridized carbons (Fsp3) is 0.394. The maximum atomic E-state index is 13.4. The maximum Gasteiger partial charge on any atom is 0.416 e. The fourth-order valence-electron chi connectivity index (χ4n) is 5.98. The van der Waals surface area contributed by atoms with E-state index in [4.69, 9.17) is 23.2 Å². The van der Waals surface area contributed by atoms with Gasteiger partial charge in [-0.15, -0.1) is 0 Å². The number of piperidine rings is 1. The number of nitrogens with one attached hydrogen (secondary N) is 1. The van der Waals surface area contributed by atoms with Crippen LogP contribution in [0.25, 0.3) is 0 Å². The summed E-state index contributed by atoms with van der Waals surface area (Å²) in [4.78, 5) is 27.6. The Morgan fingerprint density at radius 2 is 1.54 bits per heavy atom. The summed E-state index contributed by atoms with van der Waals surface area (Å²) >= 11 is 12.4. The number of carbonyl (C=O) groups excluding carboxylic acids is 2. The van der Waals surface area contributed by atoms with Crippen molar-refractivity contribution in [2.75, 3.05) is 26.2 Å². The summed E-state index contributed by atoms with van der Waals surface area (Å²) in [6.07, 6.45) is -7.77. The number of likely N-dealkylation sites (tertiary alicyclic amines) is 1. The van der Waals surface area contributed by atoms with E-state index in [2.05, 4.69) is 10.2 Å². The second-order valence-corrected chi connectivity index (χ2v) is 12.4. The van der Waals surface area contributed by atoms with Crippen molar-refractivity contribution >= 4 is 35.5 Å². The summed E-state index contributed by atoms with van der Waals surface area (Å²) in [5.74, 6) is -0.502. The smallest absolute Gasteiger partial charge is 0.347 e. The van der Waals surface area contributed by atoms with Crippen molar-refractivity contribution in [3.05, 3.63) is 105 Å². The molecular weight excluding hydrogens is 655 g/mol. The highest BCUT2D eigenvalue weighted by molar-refractivity contribution is 6.42. The van der Waals surface area contributed by atoms with Gasteiger partial charge in [0.1, 0.15) is 0 Å². The van der Waals surface area contributed by atoms with E-state index in [1.807, 2.05) is 30.3 Å². The predicted molar refractivity (Wildman–Crippen MR) is 164 cm³/mol. The predicted octanol–water partition coefficient (Wildman–Crippen LogP) is 8.29. The van der Waals surface area contributed by atoms with Gasteiger partial charge in [0.2, 0.25) is 12.3 Å². The molecule has 0 radical (unpaired) electrons. The van der Waals surface area contributed by atoms with Gasteiger partial charge in [0, 0.05) is 39.0 Å². The summed E-state index contributed by atoms with van der Waals surface area (Å²) in [5.41, 5.74) is -1.96. The number of halogens is 8. The van der Waals surface area contributed by atoms with E-state index in [0.29, 0.717) is 62.5 Å². The quantitative estimate of drug-likeness (QED) is 0.163. The lowest BCUT2D eigenvalue weighted by atomic mass is 9.80. The van der Waals surface area contributed by atoms with Crippen LogP contribution in [0.15, 0.2) is 66.7 Å². The summed E-state index contributed by atoms with van der Waals surface area (Å²) in [7, 11) is 0. The molecule has 4 rings (SSSR count). The molecular formula is C33H33Cl2F6N3O2. The lowest BCUT2D eigenvalue weighted by Crippen LogP contribution is -2.52. The van der Waals surface area contributed by atoms with Crippen LogP contribution in [0.5, 0.6) is 0 Å². The molecule has 1 aliphatic heterocycles. The summed E-state index contributed by atoms with van der Waals surface area (Å²) in [6.45, 7) is 2.92. The zero-order valence-electron chi connectivity index (χ0n) is 24.9. The van der Waals surface area contributed by atoms with Crippen LogP contribution < -0.4 is 5.32 Å². The highest BCUT2D eigenvalue weighted by Crippen LogP contribution is 2.37. The molecule has 1 atom stereocenters. The Labute approximate surface area is 273 Å². The van der Waals surface area contributed by atoms with E-state index in [1.165, 1.54) is 6.92 Å². The third kappa shape index (κ3) is 9.17. The molecule has 1 heterocycles. The van der Waals surface area contributed by atoms with E-state index in [1.54, 1.807) is 18.2 Å². The molecule has 3 aromatic rings. The molecule has 2 amide bonds. The Hall–Kier alpha value is -3.28. The van der Waals surface area contributed by atoms with Crippen molar-refractivity contribution in [2.45, 2.75) is 56.5 Å². The molecule has 1 aliphatic rings. The molecule has 0 bridgehead atoms. The van der Waals surface area contributed by atoms with Crippen LogP contribution in [0.4, 0.5) is 26.3 Å². The topological polar surface area (TPSA) is 52.7 Å². The van der Waals surface area contributed by atoms with Gasteiger partial charge in [-0.05, 0) is 72.8 Å². The van der Waals surface area contributed by atoms with E-state index >= 15 is 0 Å². The molecule has 1 fully saturated rings. The highest BCUT2D eigenvalue weighted by atomic mass is 35.5. The molecule has 1 N–H and O–H groups in total. The minimum absolute atomic E-state index is 0.00669. The average Bonchev–Trinajstić information content (AvgIpc) is 3.00. The van der Waals surface area contributed by atoms with Gasteiger partial charge in [-0.1, -0.05) is 59.6 Å². The van der Waals surface area contributed by atoms with Crippen molar-refractivity contribution in [3.8, 4) is 0 Å². The number of amides is 2. The van der Waals surface area contributed by atoms with Gasteiger partial charge in [-0.3, -0.25) is 9.59 Å². The molecule has 1 unspecified atom stereocenters. The first-order valence-electron chi connectivity index (χ1n) is 14.6. The molecule has 13 heteroatoms. The molecule has 46 heavy (non-hydrogen) atoms. The Kier molecular flexibility index (Phi) is 11.3. The molecule has 0 spiro atoms. The molecule has 5 nitrogen and oxygen atoms in total. The van der Waals surface area contributed by atoms with Crippen LogP contribution in [0.3, 0.4) is 0 Å². The van der Waals surface area contributed by atoms with Crippen LogP contribution in [-0.4, -0.2) is 48.3 Å². The fourth-order valence-corrected chi connectivity index (χ4v) is 6.29. The van der Waals surface area contributed by atoms with Crippen LogP contribution >= 0.6 is 23.2 Å². The van der Waals surface area contributed by atoms with Gasteiger partial charge in [0.15, 0.2) is 0 Å². The van der Waals surface area contributed by atoms with Gasteiger partial charge < -0.3 is 15.1 Å². The van der Waals surface area contributed by atoms with Crippen molar-refractivity contribution in [1.82, 2.24) is 15.1 Å². The molecule has 0 aromatic heterocycles. The molecule has 1 saturated heterocycles.